The highest BCUT2D eigenvalue weighted by Crippen LogP contribution is 2.29. The SMILES string of the molecule is CCC(CC)n1c(Cc2cccs2)nc2cc(C(=O)N[C@@H](CO)C3CCCCC3)ccc21. The van der Waals surface area contributed by atoms with Gasteiger partial charge < -0.3 is 15.0 Å². The molecule has 0 radical (unpaired) electrons. The van der Waals surface area contributed by atoms with Gasteiger partial charge in [0.1, 0.15) is 5.82 Å². The fourth-order valence-electron chi connectivity index (χ4n) is 5.15. The second-order valence-corrected chi connectivity index (χ2v) is 10.0. The van der Waals surface area contributed by atoms with E-state index in [2.05, 4.69) is 41.2 Å². The maximum Gasteiger partial charge on any atom is 0.251 e. The normalized spacial score (nSPS) is 16.0. The van der Waals surface area contributed by atoms with Crippen LogP contribution in [0.3, 0.4) is 0 Å². The second-order valence-electron chi connectivity index (χ2n) is 8.99. The van der Waals surface area contributed by atoms with Gasteiger partial charge in [-0.2, -0.15) is 0 Å². The Kier molecular flexibility index (Phi) is 7.63. The van der Waals surface area contributed by atoms with Crippen LogP contribution in [0.1, 0.15) is 85.9 Å². The Labute approximate surface area is 194 Å². The van der Waals surface area contributed by atoms with Crippen molar-refractivity contribution in [2.75, 3.05) is 6.61 Å². The lowest BCUT2D eigenvalue weighted by atomic mass is 9.84. The van der Waals surface area contributed by atoms with Gasteiger partial charge in [-0.15, -0.1) is 11.3 Å². The largest absolute Gasteiger partial charge is 0.394 e. The number of aromatic nitrogens is 2. The first-order valence-electron chi connectivity index (χ1n) is 12.1. The molecule has 1 saturated carbocycles. The number of aliphatic hydroxyl groups excluding tert-OH is 1. The van der Waals surface area contributed by atoms with Crippen LogP contribution >= 0.6 is 11.3 Å². The molecule has 6 heteroatoms. The number of carbonyl (C=O) groups is 1. The lowest BCUT2D eigenvalue weighted by Gasteiger charge is -2.29. The third-order valence-corrected chi connectivity index (χ3v) is 7.85. The third-order valence-electron chi connectivity index (χ3n) is 6.98. The number of hydrogen-bond donors (Lipinski definition) is 2. The van der Waals surface area contributed by atoms with Crippen LogP contribution in [0.2, 0.25) is 0 Å². The minimum Gasteiger partial charge on any atom is -0.394 e. The molecular weight excluding hydrogens is 418 g/mol. The summed E-state index contributed by atoms with van der Waals surface area (Å²) in [6.45, 7) is 4.43. The molecule has 1 amide bonds. The molecule has 5 nitrogen and oxygen atoms in total. The molecule has 2 aromatic heterocycles. The molecule has 0 spiro atoms. The van der Waals surface area contributed by atoms with Crippen LogP contribution in [0.15, 0.2) is 35.7 Å². The van der Waals surface area contributed by atoms with Gasteiger partial charge in [0, 0.05) is 22.9 Å². The van der Waals surface area contributed by atoms with E-state index in [1.54, 1.807) is 11.3 Å². The Hall–Kier alpha value is -2.18. The first-order valence-corrected chi connectivity index (χ1v) is 13.0. The highest BCUT2D eigenvalue weighted by Gasteiger charge is 2.25. The molecule has 172 valence electrons. The van der Waals surface area contributed by atoms with E-state index in [1.165, 1.54) is 24.1 Å². The third kappa shape index (κ3) is 4.91. The van der Waals surface area contributed by atoms with E-state index in [-0.39, 0.29) is 18.6 Å². The van der Waals surface area contributed by atoms with Crippen molar-refractivity contribution in [1.82, 2.24) is 14.9 Å². The number of imidazole rings is 1. The summed E-state index contributed by atoms with van der Waals surface area (Å²) < 4.78 is 2.37. The zero-order chi connectivity index (χ0) is 22.5. The molecule has 32 heavy (non-hydrogen) atoms. The Morgan fingerprint density at radius 2 is 2.00 bits per heavy atom. The molecule has 0 bridgehead atoms. The summed E-state index contributed by atoms with van der Waals surface area (Å²) >= 11 is 1.75. The number of benzene rings is 1. The van der Waals surface area contributed by atoms with Crippen molar-refractivity contribution < 1.29 is 9.90 Å². The summed E-state index contributed by atoms with van der Waals surface area (Å²) in [7, 11) is 0. The summed E-state index contributed by atoms with van der Waals surface area (Å²) in [5.74, 6) is 1.31. The summed E-state index contributed by atoms with van der Waals surface area (Å²) in [6, 6.07) is 10.3. The molecule has 0 saturated heterocycles. The van der Waals surface area contributed by atoms with Crippen molar-refractivity contribution in [3.63, 3.8) is 0 Å². The van der Waals surface area contributed by atoms with Crippen LogP contribution in [0.5, 0.6) is 0 Å². The van der Waals surface area contributed by atoms with Gasteiger partial charge in [0.2, 0.25) is 0 Å². The number of nitrogens with one attached hydrogen (secondary N) is 1. The summed E-state index contributed by atoms with van der Waals surface area (Å²) in [5.41, 5.74) is 2.57. The number of carbonyl (C=O) groups excluding carboxylic acids is 1. The molecule has 1 aromatic carbocycles. The summed E-state index contributed by atoms with van der Waals surface area (Å²) in [5, 5.41) is 15.1. The van der Waals surface area contributed by atoms with Gasteiger partial charge >= 0.3 is 0 Å². The van der Waals surface area contributed by atoms with Crippen molar-refractivity contribution in [3.8, 4) is 0 Å². The maximum absolute atomic E-state index is 13.0. The van der Waals surface area contributed by atoms with Gasteiger partial charge in [-0.05, 0) is 61.2 Å². The highest BCUT2D eigenvalue weighted by molar-refractivity contribution is 7.09. The zero-order valence-electron chi connectivity index (χ0n) is 19.2. The molecule has 4 rings (SSSR count). The Bertz CT molecular complexity index is 1020. The average Bonchev–Trinajstić information content (AvgIpc) is 3.46. The number of hydrogen-bond acceptors (Lipinski definition) is 4. The van der Waals surface area contributed by atoms with Crippen LogP contribution in [-0.2, 0) is 6.42 Å². The van der Waals surface area contributed by atoms with Gasteiger partial charge in [0.25, 0.3) is 5.91 Å². The summed E-state index contributed by atoms with van der Waals surface area (Å²) in [4.78, 5) is 19.3. The zero-order valence-corrected chi connectivity index (χ0v) is 20.0. The Morgan fingerprint density at radius 1 is 1.22 bits per heavy atom. The molecule has 0 aliphatic heterocycles. The summed E-state index contributed by atoms with van der Waals surface area (Å²) in [6.07, 6.45) is 8.67. The van der Waals surface area contributed by atoms with Crippen LogP contribution in [0, 0.1) is 5.92 Å². The van der Waals surface area contributed by atoms with E-state index < -0.39 is 0 Å². The lowest BCUT2D eigenvalue weighted by molar-refractivity contribution is 0.0871. The molecule has 3 aromatic rings. The van der Waals surface area contributed by atoms with Crippen LogP contribution in [0.25, 0.3) is 11.0 Å². The predicted octanol–water partition coefficient (Wildman–Crippen LogP) is 5.72. The molecular formula is C26H35N3O2S. The van der Waals surface area contributed by atoms with Gasteiger partial charge in [0.15, 0.2) is 0 Å². The van der Waals surface area contributed by atoms with Gasteiger partial charge in [-0.3, -0.25) is 4.79 Å². The predicted molar refractivity (Wildman–Crippen MR) is 131 cm³/mol. The number of aliphatic hydroxyl groups is 1. The number of fused-ring (bicyclic) bond motifs is 1. The standard InChI is InChI=1S/C26H35N3O2S/c1-3-20(4-2)29-24-13-12-19(15-22(24)27-25(29)16-21-11-8-14-32-21)26(31)28-23(17-30)18-9-6-5-7-10-18/h8,11-15,18,20,23,30H,3-7,9-10,16-17H2,1-2H3,(H,28,31)/t23-/m0/s1. The quantitative estimate of drug-likeness (QED) is 0.435. The van der Waals surface area contributed by atoms with E-state index in [9.17, 15) is 9.90 Å². The second kappa shape index (κ2) is 10.6. The van der Waals surface area contributed by atoms with Crippen molar-refractivity contribution in [1.29, 1.82) is 0 Å². The monoisotopic (exact) mass is 453 g/mol. The van der Waals surface area contributed by atoms with Crippen LogP contribution in [0.4, 0.5) is 0 Å². The molecule has 1 aliphatic carbocycles. The maximum atomic E-state index is 13.0. The number of rotatable bonds is 9. The van der Waals surface area contributed by atoms with Gasteiger partial charge in [-0.1, -0.05) is 39.2 Å². The molecule has 1 aliphatic rings. The minimum absolute atomic E-state index is 0.00702. The average molecular weight is 454 g/mol. The lowest BCUT2D eigenvalue weighted by Crippen LogP contribution is -2.43. The van der Waals surface area contributed by atoms with Crippen molar-refractivity contribution in [2.24, 2.45) is 5.92 Å². The number of amides is 1. The first-order chi connectivity index (χ1) is 15.6. The highest BCUT2D eigenvalue weighted by atomic mass is 32.1. The van der Waals surface area contributed by atoms with Crippen LogP contribution in [-0.4, -0.2) is 33.2 Å². The van der Waals surface area contributed by atoms with E-state index >= 15 is 0 Å². The Balaban J connectivity index is 1.62. The van der Waals surface area contributed by atoms with Crippen molar-refractivity contribution in [3.05, 3.63) is 52.0 Å². The van der Waals surface area contributed by atoms with E-state index in [0.717, 1.165) is 49.0 Å². The van der Waals surface area contributed by atoms with E-state index in [1.807, 2.05) is 18.2 Å². The van der Waals surface area contributed by atoms with E-state index in [0.29, 0.717) is 17.5 Å². The van der Waals surface area contributed by atoms with E-state index in [4.69, 9.17) is 4.98 Å². The molecule has 0 unspecified atom stereocenters. The fourth-order valence-corrected chi connectivity index (χ4v) is 5.85. The van der Waals surface area contributed by atoms with Gasteiger partial charge in [0.05, 0.1) is 23.7 Å². The van der Waals surface area contributed by atoms with Crippen molar-refractivity contribution in [2.45, 2.75) is 77.3 Å². The number of nitrogens with zero attached hydrogens (tertiary/aromatic N) is 2. The molecule has 2 heterocycles. The molecule has 2 N–H and O–H groups in total. The smallest absolute Gasteiger partial charge is 0.251 e. The van der Waals surface area contributed by atoms with Crippen molar-refractivity contribution >= 4 is 28.3 Å². The van der Waals surface area contributed by atoms with Gasteiger partial charge in [-0.25, -0.2) is 4.98 Å². The minimum atomic E-state index is -0.171. The Morgan fingerprint density at radius 3 is 2.66 bits per heavy atom. The molecule has 1 atom stereocenters. The fraction of sp³-hybridized carbons (Fsp3) is 0.538. The number of thiophene rings is 1. The van der Waals surface area contributed by atoms with Crippen LogP contribution < -0.4 is 5.32 Å². The molecule has 1 fully saturated rings. The topological polar surface area (TPSA) is 67.2 Å². The first kappa shape index (κ1) is 23.0.